The lowest BCUT2D eigenvalue weighted by Crippen LogP contribution is -2.38. The van der Waals surface area contributed by atoms with Crippen molar-refractivity contribution in [2.45, 2.75) is 31.8 Å². The summed E-state index contributed by atoms with van der Waals surface area (Å²) in [4.78, 5) is 24.4. The number of aldehydes is 1. The predicted molar refractivity (Wildman–Crippen MR) is 88.7 cm³/mol. The molecule has 1 unspecified atom stereocenters. The van der Waals surface area contributed by atoms with Crippen LogP contribution in [-0.4, -0.2) is 12.3 Å². The summed E-state index contributed by atoms with van der Waals surface area (Å²) < 4.78 is 19.9. The first-order valence-corrected chi connectivity index (χ1v) is 8.09. The Bertz CT molecular complexity index is 818. The number of ether oxygens (including phenoxy) is 1. The molecule has 124 valence electrons. The summed E-state index contributed by atoms with van der Waals surface area (Å²) in [6.07, 6.45) is 1.90. The number of hydrogen-bond donors (Lipinski definition) is 0. The molecule has 2 aromatic rings. The number of hydrogen-bond acceptors (Lipinski definition) is 3. The number of benzene rings is 2. The summed E-state index contributed by atoms with van der Waals surface area (Å²) in [6.45, 7) is 1.79. The van der Waals surface area contributed by atoms with Gasteiger partial charge < -0.3 is 4.74 Å². The van der Waals surface area contributed by atoms with Gasteiger partial charge >= 0.3 is 5.97 Å². The summed E-state index contributed by atoms with van der Waals surface area (Å²) in [6, 6.07) is 9.93. The molecule has 0 saturated heterocycles. The molecule has 0 saturated carbocycles. The predicted octanol–water partition coefficient (Wildman–Crippen LogP) is 4.38. The summed E-state index contributed by atoms with van der Waals surface area (Å²) in [7, 11) is 0. The number of fused-ring (bicyclic) bond motifs is 1. The highest BCUT2D eigenvalue weighted by molar-refractivity contribution is 6.30. The van der Waals surface area contributed by atoms with E-state index in [2.05, 4.69) is 0 Å². The van der Waals surface area contributed by atoms with Crippen LogP contribution >= 0.6 is 11.6 Å². The Hall–Kier alpha value is -2.20. The summed E-state index contributed by atoms with van der Waals surface area (Å²) in [5, 5.41) is 0.000629. The maximum atomic E-state index is 14.3. The van der Waals surface area contributed by atoms with Crippen molar-refractivity contribution in [1.82, 2.24) is 0 Å². The van der Waals surface area contributed by atoms with Crippen molar-refractivity contribution in [3.8, 4) is 0 Å². The summed E-state index contributed by atoms with van der Waals surface area (Å²) in [5.41, 5.74) is 0.395. The normalized spacial score (nSPS) is 19.5. The van der Waals surface area contributed by atoms with Gasteiger partial charge in [0, 0.05) is 5.56 Å². The van der Waals surface area contributed by atoms with Gasteiger partial charge in [-0.05, 0) is 49.4 Å². The van der Waals surface area contributed by atoms with Crippen molar-refractivity contribution in [3.63, 3.8) is 0 Å². The van der Waals surface area contributed by atoms with E-state index in [0.717, 1.165) is 5.56 Å². The number of carbonyl (C=O) groups is 2. The van der Waals surface area contributed by atoms with Gasteiger partial charge in [0.15, 0.2) is 11.9 Å². The highest BCUT2D eigenvalue weighted by Crippen LogP contribution is 2.40. The molecule has 3 nitrogen and oxygen atoms in total. The van der Waals surface area contributed by atoms with E-state index in [0.29, 0.717) is 42.2 Å². The van der Waals surface area contributed by atoms with Gasteiger partial charge in [0.05, 0.1) is 10.6 Å². The smallest absolute Gasteiger partial charge is 0.339 e. The van der Waals surface area contributed by atoms with Crippen LogP contribution in [0.15, 0.2) is 36.4 Å². The fourth-order valence-corrected chi connectivity index (χ4v) is 3.35. The quantitative estimate of drug-likeness (QED) is 0.612. The lowest BCUT2D eigenvalue weighted by Gasteiger charge is -2.34. The maximum Gasteiger partial charge on any atom is 0.339 e. The van der Waals surface area contributed by atoms with Gasteiger partial charge in [0.1, 0.15) is 5.82 Å². The molecule has 0 fully saturated rings. The van der Waals surface area contributed by atoms with Crippen molar-refractivity contribution >= 4 is 23.9 Å². The molecule has 1 atom stereocenters. The van der Waals surface area contributed by atoms with Gasteiger partial charge in [-0.2, -0.15) is 0 Å². The van der Waals surface area contributed by atoms with Gasteiger partial charge in [0.25, 0.3) is 0 Å². The molecule has 0 N–H and O–H groups in total. The van der Waals surface area contributed by atoms with Crippen molar-refractivity contribution in [2.75, 3.05) is 0 Å². The third kappa shape index (κ3) is 2.71. The molecule has 1 aliphatic rings. The average Bonchev–Trinajstić information content (AvgIpc) is 2.58. The van der Waals surface area contributed by atoms with E-state index < -0.39 is 17.4 Å². The number of halogens is 2. The lowest BCUT2D eigenvalue weighted by atomic mass is 9.79. The van der Waals surface area contributed by atoms with Gasteiger partial charge in [0.2, 0.25) is 0 Å². The van der Waals surface area contributed by atoms with Crippen LogP contribution in [0.2, 0.25) is 5.02 Å². The molecule has 0 spiro atoms. The molecule has 0 aromatic heterocycles. The Balaban J connectivity index is 2.03. The minimum Gasteiger partial charge on any atom is -0.443 e. The average molecular weight is 347 g/mol. The van der Waals surface area contributed by atoms with Crippen LogP contribution in [0.1, 0.15) is 39.9 Å². The van der Waals surface area contributed by atoms with Gasteiger partial charge in [-0.1, -0.05) is 35.9 Å². The Morgan fingerprint density at radius 1 is 1.29 bits per heavy atom. The monoisotopic (exact) mass is 346 g/mol. The fourth-order valence-electron chi connectivity index (χ4n) is 3.17. The van der Waals surface area contributed by atoms with Crippen molar-refractivity contribution < 1.29 is 18.7 Å². The Kier molecular flexibility index (Phi) is 4.41. The largest absolute Gasteiger partial charge is 0.443 e. The molecule has 0 radical (unpaired) electrons. The van der Waals surface area contributed by atoms with Gasteiger partial charge in [-0.15, -0.1) is 0 Å². The lowest BCUT2D eigenvalue weighted by molar-refractivity contribution is -0.127. The van der Waals surface area contributed by atoms with E-state index in [1.165, 1.54) is 6.07 Å². The zero-order valence-corrected chi connectivity index (χ0v) is 13.9. The van der Waals surface area contributed by atoms with Crippen LogP contribution in [0.3, 0.4) is 0 Å². The first-order chi connectivity index (χ1) is 11.5. The van der Waals surface area contributed by atoms with Crippen LogP contribution in [0.4, 0.5) is 4.39 Å². The van der Waals surface area contributed by atoms with Gasteiger partial charge in [-0.3, -0.25) is 4.79 Å². The van der Waals surface area contributed by atoms with E-state index in [9.17, 15) is 14.0 Å². The third-order valence-corrected chi connectivity index (χ3v) is 4.75. The van der Waals surface area contributed by atoms with Crippen molar-refractivity contribution in [2.24, 2.45) is 0 Å². The molecule has 3 rings (SSSR count). The third-order valence-electron chi connectivity index (χ3n) is 4.46. The minimum atomic E-state index is -1.47. The van der Waals surface area contributed by atoms with Crippen LogP contribution in [0.25, 0.3) is 0 Å². The molecule has 0 bridgehead atoms. The van der Waals surface area contributed by atoms with Gasteiger partial charge in [-0.25, -0.2) is 9.18 Å². The standard InChI is InChI=1S/C19H16ClFO3/c1-12-5-2-3-6-13(12)18(23)24-19(11-22)10-4-7-14-15(19)8-9-16(20)17(14)21/h2-3,5-6,8-9,11H,4,7,10H2,1H3. The second kappa shape index (κ2) is 6.36. The van der Waals surface area contributed by atoms with E-state index >= 15 is 0 Å². The number of rotatable bonds is 3. The second-order valence-corrected chi connectivity index (χ2v) is 6.36. The molecule has 0 amide bonds. The van der Waals surface area contributed by atoms with E-state index in [4.69, 9.17) is 16.3 Å². The first kappa shape index (κ1) is 16.7. The molecule has 2 aromatic carbocycles. The molecule has 0 heterocycles. The van der Waals surface area contributed by atoms with Crippen molar-refractivity contribution in [3.05, 3.63) is 69.5 Å². The molecular formula is C19H16ClFO3. The summed E-state index contributed by atoms with van der Waals surface area (Å²) in [5.74, 6) is -1.14. The van der Waals surface area contributed by atoms with Crippen LogP contribution in [-0.2, 0) is 21.6 Å². The second-order valence-electron chi connectivity index (χ2n) is 5.95. The number of aryl methyl sites for hydroxylation is 1. The Morgan fingerprint density at radius 3 is 2.75 bits per heavy atom. The highest BCUT2D eigenvalue weighted by atomic mass is 35.5. The zero-order chi connectivity index (χ0) is 17.3. The SMILES string of the molecule is Cc1ccccc1C(=O)OC1(C=O)CCCc2c1ccc(Cl)c2F. The first-order valence-electron chi connectivity index (χ1n) is 7.71. The molecule has 1 aliphatic carbocycles. The van der Waals surface area contributed by atoms with Crippen molar-refractivity contribution in [1.29, 1.82) is 0 Å². The maximum absolute atomic E-state index is 14.3. The number of esters is 1. The van der Waals surface area contributed by atoms with E-state index in [1.807, 2.05) is 6.07 Å². The topological polar surface area (TPSA) is 43.4 Å². The fraction of sp³-hybridized carbons (Fsp3) is 0.263. The molecule has 0 aliphatic heterocycles. The van der Waals surface area contributed by atoms with E-state index in [1.54, 1.807) is 31.2 Å². The molecular weight excluding hydrogens is 331 g/mol. The van der Waals surface area contributed by atoms with Crippen LogP contribution < -0.4 is 0 Å². The minimum absolute atomic E-state index is 0.000629. The zero-order valence-electron chi connectivity index (χ0n) is 13.1. The van der Waals surface area contributed by atoms with E-state index in [-0.39, 0.29) is 5.02 Å². The summed E-state index contributed by atoms with van der Waals surface area (Å²) >= 11 is 5.83. The molecule has 24 heavy (non-hydrogen) atoms. The molecule has 5 heteroatoms. The van der Waals surface area contributed by atoms with Crippen LogP contribution in [0, 0.1) is 12.7 Å². The highest BCUT2D eigenvalue weighted by Gasteiger charge is 2.42. The van der Waals surface area contributed by atoms with Crippen LogP contribution in [0.5, 0.6) is 0 Å². The number of carbonyl (C=O) groups excluding carboxylic acids is 2. The Morgan fingerprint density at radius 2 is 2.04 bits per heavy atom. The Labute approximate surface area is 144 Å².